The zero-order valence-electron chi connectivity index (χ0n) is 13.5. The van der Waals surface area contributed by atoms with E-state index in [9.17, 15) is 8.42 Å². The Morgan fingerprint density at radius 1 is 1.10 bits per heavy atom. The summed E-state index contributed by atoms with van der Waals surface area (Å²) in [7, 11) is -0.0208. The summed E-state index contributed by atoms with van der Waals surface area (Å²) in [6.45, 7) is 8.28. The van der Waals surface area contributed by atoms with E-state index in [1.807, 2.05) is 27.7 Å². The molecular weight excluding hydrogens is 290 g/mol. The molecule has 3 N–H and O–H groups in total. The minimum Gasteiger partial charge on any atom is -0.373 e. The lowest BCUT2D eigenvalue weighted by atomic mass is 9.95. The third-order valence-corrected chi connectivity index (χ3v) is 4.39. The normalized spacial score (nSPS) is 12.3. The van der Waals surface area contributed by atoms with E-state index in [4.69, 9.17) is 0 Å². The van der Waals surface area contributed by atoms with Gasteiger partial charge >= 0.3 is 0 Å². The molecule has 0 aliphatic carbocycles. The molecule has 120 valence electrons. The van der Waals surface area contributed by atoms with E-state index in [-0.39, 0.29) is 17.7 Å². The summed E-state index contributed by atoms with van der Waals surface area (Å²) in [5.74, 6) is 2.10. The van der Waals surface area contributed by atoms with E-state index >= 15 is 0 Å². The number of anilines is 2. The van der Waals surface area contributed by atoms with Crippen molar-refractivity contribution < 1.29 is 8.42 Å². The molecule has 0 aliphatic heterocycles. The van der Waals surface area contributed by atoms with Crippen LogP contribution in [0.4, 0.5) is 11.6 Å². The average Bonchev–Trinajstić information content (AvgIpc) is 2.39. The van der Waals surface area contributed by atoms with Gasteiger partial charge in [0.25, 0.3) is 0 Å². The Kier molecular flexibility index (Phi) is 5.52. The fraction of sp³-hybridized carbons (Fsp3) is 0.692. The lowest BCUT2D eigenvalue weighted by molar-refractivity contribution is 0.546. The van der Waals surface area contributed by atoms with E-state index in [2.05, 4.69) is 25.3 Å². The van der Waals surface area contributed by atoms with Crippen LogP contribution in [0, 0.1) is 6.92 Å². The monoisotopic (exact) mass is 315 g/mol. The van der Waals surface area contributed by atoms with Gasteiger partial charge in [0.05, 0.1) is 5.75 Å². The second kappa shape index (κ2) is 6.57. The van der Waals surface area contributed by atoms with Crippen molar-refractivity contribution in [2.75, 3.05) is 37.0 Å². The highest BCUT2D eigenvalue weighted by atomic mass is 32.2. The van der Waals surface area contributed by atoms with E-state index in [1.165, 1.54) is 7.05 Å². The first-order valence-electron chi connectivity index (χ1n) is 6.82. The number of hydrogen-bond donors (Lipinski definition) is 3. The Morgan fingerprint density at radius 3 is 2.14 bits per heavy atom. The first-order valence-corrected chi connectivity index (χ1v) is 8.48. The molecule has 1 heterocycles. The molecule has 0 saturated carbocycles. The van der Waals surface area contributed by atoms with E-state index < -0.39 is 10.0 Å². The highest BCUT2D eigenvalue weighted by Crippen LogP contribution is 2.25. The molecule has 1 aromatic rings. The predicted molar refractivity (Wildman–Crippen MR) is 86.4 cm³/mol. The molecule has 0 radical (unpaired) electrons. The Morgan fingerprint density at radius 2 is 1.67 bits per heavy atom. The quantitative estimate of drug-likeness (QED) is 0.727. The predicted octanol–water partition coefficient (Wildman–Crippen LogP) is 1.09. The van der Waals surface area contributed by atoms with Crippen molar-refractivity contribution in [2.24, 2.45) is 0 Å². The molecule has 0 atom stereocenters. The summed E-state index contributed by atoms with van der Waals surface area (Å²) in [4.78, 5) is 9.02. The Labute approximate surface area is 127 Å². The molecule has 0 bridgehead atoms. The molecule has 0 saturated heterocycles. The van der Waals surface area contributed by atoms with Crippen LogP contribution in [-0.2, 0) is 15.4 Å². The summed E-state index contributed by atoms with van der Waals surface area (Å²) in [6, 6.07) is 0. The maximum absolute atomic E-state index is 11.4. The lowest BCUT2D eigenvalue weighted by Gasteiger charge is -2.20. The third-order valence-electron chi connectivity index (χ3n) is 3.03. The molecule has 8 heteroatoms. The van der Waals surface area contributed by atoms with Crippen LogP contribution in [0.1, 0.15) is 32.2 Å². The number of hydrogen-bond acceptors (Lipinski definition) is 6. The van der Waals surface area contributed by atoms with Crippen molar-refractivity contribution >= 4 is 21.7 Å². The topological polar surface area (TPSA) is 96.0 Å². The zero-order valence-corrected chi connectivity index (χ0v) is 14.3. The minimum atomic E-state index is -3.23. The van der Waals surface area contributed by atoms with Gasteiger partial charge in [0.1, 0.15) is 17.5 Å². The summed E-state index contributed by atoms with van der Waals surface area (Å²) < 4.78 is 25.1. The van der Waals surface area contributed by atoms with E-state index in [0.29, 0.717) is 11.6 Å². The molecule has 7 nitrogen and oxygen atoms in total. The van der Waals surface area contributed by atoms with Crippen LogP contribution < -0.4 is 15.4 Å². The van der Waals surface area contributed by atoms with Gasteiger partial charge in [-0.05, 0) is 14.0 Å². The highest BCUT2D eigenvalue weighted by Gasteiger charge is 2.21. The first-order chi connectivity index (χ1) is 9.60. The largest absolute Gasteiger partial charge is 0.373 e. The molecule has 0 aliphatic rings. The molecule has 0 aromatic carbocycles. The van der Waals surface area contributed by atoms with Crippen molar-refractivity contribution in [1.29, 1.82) is 0 Å². The fourth-order valence-corrected chi connectivity index (χ4v) is 2.25. The Balaban J connectivity index is 3.01. The number of sulfonamides is 1. The van der Waals surface area contributed by atoms with Gasteiger partial charge in [0.2, 0.25) is 10.0 Å². The van der Waals surface area contributed by atoms with Gasteiger partial charge < -0.3 is 10.6 Å². The third kappa shape index (κ3) is 4.82. The fourth-order valence-electron chi connectivity index (χ4n) is 1.67. The molecule has 1 aromatic heterocycles. The summed E-state index contributed by atoms with van der Waals surface area (Å²) in [6.07, 6.45) is 0. The van der Waals surface area contributed by atoms with Crippen LogP contribution >= 0.6 is 0 Å². The number of aromatic nitrogens is 2. The number of rotatable bonds is 6. The van der Waals surface area contributed by atoms with Gasteiger partial charge in [0, 0.05) is 24.6 Å². The van der Waals surface area contributed by atoms with Gasteiger partial charge in [0.15, 0.2) is 0 Å². The van der Waals surface area contributed by atoms with Crippen molar-refractivity contribution in [2.45, 2.75) is 33.1 Å². The second-order valence-corrected chi connectivity index (χ2v) is 7.87. The van der Waals surface area contributed by atoms with Gasteiger partial charge in [-0.25, -0.2) is 23.1 Å². The molecule has 0 unspecified atom stereocenters. The maximum atomic E-state index is 11.4. The van der Waals surface area contributed by atoms with Crippen LogP contribution in [0.25, 0.3) is 0 Å². The minimum absolute atomic E-state index is 0.00726. The summed E-state index contributed by atoms with van der Waals surface area (Å²) in [5, 5.41) is 6.12. The van der Waals surface area contributed by atoms with Crippen LogP contribution in [0.5, 0.6) is 0 Å². The van der Waals surface area contributed by atoms with Crippen molar-refractivity contribution in [3.05, 3.63) is 11.4 Å². The van der Waals surface area contributed by atoms with Gasteiger partial charge in [-0.15, -0.1) is 0 Å². The van der Waals surface area contributed by atoms with Gasteiger partial charge in [-0.3, -0.25) is 0 Å². The first kappa shape index (κ1) is 17.6. The molecule has 1 rings (SSSR count). The van der Waals surface area contributed by atoms with Crippen molar-refractivity contribution in [1.82, 2.24) is 14.7 Å². The van der Waals surface area contributed by atoms with E-state index in [1.54, 1.807) is 7.05 Å². The number of nitrogens with zero attached hydrogens (tertiary/aromatic N) is 2. The molecular formula is C13H25N5O2S. The average molecular weight is 315 g/mol. The lowest BCUT2D eigenvalue weighted by Crippen LogP contribution is -2.27. The highest BCUT2D eigenvalue weighted by molar-refractivity contribution is 7.89. The standard InChI is InChI=1S/C13H25N5O2S/c1-9-10(14-5)17-12(13(2,3)4)18-11(9)16-7-8-21(19,20)15-6/h15H,7-8H2,1-6H3,(H2,14,16,17,18). The molecule has 0 amide bonds. The van der Waals surface area contributed by atoms with Crippen molar-refractivity contribution in [3.8, 4) is 0 Å². The second-order valence-electron chi connectivity index (χ2n) is 5.82. The summed E-state index contributed by atoms with van der Waals surface area (Å²) >= 11 is 0. The van der Waals surface area contributed by atoms with Crippen molar-refractivity contribution in [3.63, 3.8) is 0 Å². The molecule has 0 fully saturated rings. The van der Waals surface area contributed by atoms with E-state index in [0.717, 1.165) is 11.4 Å². The molecule has 0 spiro atoms. The molecule has 21 heavy (non-hydrogen) atoms. The van der Waals surface area contributed by atoms with Crippen LogP contribution in [0.2, 0.25) is 0 Å². The smallest absolute Gasteiger partial charge is 0.213 e. The van der Waals surface area contributed by atoms with Crippen LogP contribution in [0.15, 0.2) is 0 Å². The number of nitrogens with one attached hydrogen (secondary N) is 3. The zero-order chi connectivity index (χ0) is 16.3. The SMILES string of the molecule is CNc1nc(C(C)(C)C)nc(NCCS(=O)(=O)NC)c1C. The summed E-state index contributed by atoms with van der Waals surface area (Å²) in [5.41, 5.74) is 0.680. The Hall–Kier alpha value is -1.41. The maximum Gasteiger partial charge on any atom is 0.213 e. The van der Waals surface area contributed by atoms with Gasteiger partial charge in [-0.1, -0.05) is 20.8 Å². The van der Waals surface area contributed by atoms with Gasteiger partial charge in [-0.2, -0.15) is 0 Å². The van der Waals surface area contributed by atoms with Crippen LogP contribution in [0.3, 0.4) is 0 Å². The van der Waals surface area contributed by atoms with Crippen LogP contribution in [-0.4, -0.2) is 44.8 Å². The Bertz CT molecular complexity index is 593.